The molecule has 1 saturated carbocycles. The minimum absolute atomic E-state index is 0.0857. The number of sulfonamides is 1. The van der Waals surface area contributed by atoms with Gasteiger partial charge in [-0.05, 0) is 35.9 Å². The number of amidine groups is 1. The maximum absolute atomic E-state index is 13.8. The van der Waals surface area contributed by atoms with Gasteiger partial charge in [-0.25, -0.2) is 13.1 Å². The summed E-state index contributed by atoms with van der Waals surface area (Å²) < 4.78 is 50.3. The summed E-state index contributed by atoms with van der Waals surface area (Å²) in [5.74, 6) is 0.666. The summed E-state index contributed by atoms with van der Waals surface area (Å²) in [7, 11) is -6.27. The molecule has 1 aliphatic carbocycles. The Morgan fingerprint density at radius 2 is 2.14 bits per heavy atom. The minimum Gasteiger partial charge on any atom is -0.505 e. The van der Waals surface area contributed by atoms with Crippen LogP contribution in [0.15, 0.2) is 39.2 Å². The number of hydrogen-bond acceptors (Lipinski definition) is 9. The zero-order chi connectivity index (χ0) is 25.7. The highest BCUT2D eigenvalue weighted by molar-refractivity contribution is 8.02. The highest BCUT2D eigenvalue weighted by Gasteiger charge is 2.36. The van der Waals surface area contributed by atoms with E-state index in [1.54, 1.807) is 11.8 Å². The Bertz CT molecular complexity index is 1500. The summed E-state index contributed by atoms with van der Waals surface area (Å²) in [5.41, 5.74) is 0.205. The lowest BCUT2D eigenvalue weighted by molar-refractivity contribution is 0.404. The van der Waals surface area contributed by atoms with Gasteiger partial charge in [-0.2, -0.15) is 9.86 Å². The van der Waals surface area contributed by atoms with Crippen LogP contribution in [0, 0.1) is 5.92 Å². The molecule has 0 bridgehead atoms. The number of hydrogen-bond donors (Lipinski definition) is 3. The van der Waals surface area contributed by atoms with Gasteiger partial charge in [-0.1, -0.05) is 18.9 Å². The molecule has 2 unspecified atom stereocenters. The fourth-order valence-electron chi connectivity index (χ4n) is 4.18. The molecule has 11 nitrogen and oxygen atoms in total. The van der Waals surface area contributed by atoms with Crippen LogP contribution in [0.4, 0.5) is 11.4 Å². The molecule has 5 rings (SSSR count). The average Bonchev–Trinajstić information content (AvgIpc) is 3.49. The number of anilines is 2. The molecule has 1 fully saturated rings. The van der Waals surface area contributed by atoms with Gasteiger partial charge >= 0.3 is 7.52 Å². The predicted octanol–water partition coefficient (Wildman–Crippen LogP) is 2.80. The fourth-order valence-corrected chi connectivity index (χ4v) is 7.16. The van der Waals surface area contributed by atoms with Gasteiger partial charge in [0.25, 0.3) is 5.56 Å². The van der Waals surface area contributed by atoms with Crippen LogP contribution in [-0.4, -0.2) is 48.3 Å². The fraction of sp³-hybridized carbons (Fsp3) is 0.409. The number of aromatic hydroxyl groups is 1. The number of aromatic nitrogens is 2. The normalized spacial score (nSPS) is 23.2. The first-order valence-electron chi connectivity index (χ1n) is 11.4. The van der Waals surface area contributed by atoms with Gasteiger partial charge in [0, 0.05) is 31.0 Å². The number of fused-ring (bicyclic) bond motifs is 1. The summed E-state index contributed by atoms with van der Waals surface area (Å²) >= 11 is 1.59. The Labute approximate surface area is 212 Å². The Hall–Kier alpha value is -2.60. The van der Waals surface area contributed by atoms with Crippen molar-refractivity contribution in [1.82, 2.24) is 9.78 Å². The standard InChI is InChI=1S/C22H26N5O6PS2/c1-33-34(30)17-11-15(26-36(2,31)32)5-6-16(17)23-21(25-34)18-20(28)19(14-8-10-35-12-14)24-27(22(18)29)9-7-13-3-4-13/h5-6,8,10-11,13-14,26,28H,3-4,7,9,12H2,1-2H3,(H,23,25,30). The Kier molecular flexibility index (Phi) is 6.52. The van der Waals surface area contributed by atoms with Crippen LogP contribution in [0.2, 0.25) is 0 Å². The first kappa shape index (κ1) is 25.1. The van der Waals surface area contributed by atoms with Crippen LogP contribution in [0.1, 0.15) is 36.4 Å². The lowest BCUT2D eigenvalue weighted by Crippen LogP contribution is -2.35. The van der Waals surface area contributed by atoms with E-state index in [1.807, 2.05) is 11.5 Å². The van der Waals surface area contributed by atoms with Crippen LogP contribution >= 0.6 is 19.3 Å². The highest BCUT2D eigenvalue weighted by atomic mass is 32.2. The van der Waals surface area contributed by atoms with E-state index in [1.165, 1.54) is 30.0 Å². The van der Waals surface area contributed by atoms with Crippen molar-refractivity contribution in [2.75, 3.05) is 29.2 Å². The molecule has 0 saturated heterocycles. The molecule has 3 N–H and O–H groups in total. The Balaban J connectivity index is 1.62. The monoisotopic (exact) mass is 551 g/mol. The zero-order valence-electron chi connectivity index (χ0n) is 19.7. The maximum atomic E-state index is 13.8. The third-order valence-electron chi connectivity index (χ3n) is 6.21. The number of allylic oxidation sites excluding steroid dienone is 1. The summed E-state index contributed by atoms with van der Waals surface area (Å²) in [6, 6.07) is 4.38. The number of nitrogens with zero attached hydrogens (tertiary/aromatic N) is 3. The molecule has 14 heteroatoms. The van der Waals surface area contributed by atoms with Crippen molar-refractivity contribution in [3.63, 3.8) is 0 Å². The van der Waals surface area contributed by atoms with Gasteiger partial charge < -0.3 is 14.9 Å². The highest BCUT2D eigenvalue weighted by Crippen LogP contribution is 2.52. The zero-order valence-corrected chi connectivity index (χ0v) is 22.2. The maximum Gasteiger partial charge on any atom is 0.348 e. The first-order valence-corrected chi connectivity index (χ1v) is 15.9. The van der Waals surface area contributed by atoms with E-state index in [-0.39, 0.29) is 34.1 Å². The second-order valence-electron chi connectivity index (χ2n) is 9.02. The van der Waals surface area contributed by atoms with Crippen LogP contribution in [0.25, 0.3) is 0 Å². The van der Waals surface area contributed by atoms with Crippen molar-refractivity contribution in [3.05, 3.63) is 51.3 Å². The second kappa shape index (κ2) is 9.37. The van der Waals surface area contributed by atoms with Crippen molar-refractivity contribution >= 4 is 51.8 Å². The summed E-state index contributed by atoms with van der Waals surface area (Å²) in [4.78, 5) is 13.5. The number of aryl methyl sites for hydroxylation is 1. The molecule has 192 valence electrons. The summed E-state index contributed by atoms with van der Waals surface area (Å²) in [6.45, 7) is 0.402. The van der Waals surface area contributed by atoms with E-state index in [2.05, 4.69) is 19.9 Å². The van der Waals surface area contributed by atoms with Crippen LogP contribution in [0.3, 0.4) is 0 Å². The largest absolute Gasteiger partial charge is 0.505 e. The quantitative estimate of drug-likeness (QED) is 0.421. The molecule has 1 aromatic heterocycles. The number of thioether (sulfide) groups is 1. The van der Waals surface area contributed by atoms with Crippen LogP contribution in [-0.2, 0) is 25.7 Å². The lowest BCUT2D eigenvalue weighted by atomic mass is 10.0. The van der Waals surface area contributed by atoms with Crippen molar-refractivity contribution in [3.8, 4) is 5.75 Å². The molecular weight excluding hydrogens is 525 g/mol. The lowest BCUT2D eigenvalue weighted by Gasteiger charge is -2.25. The van der Waals surface area contributed by atoms with Gasteiger partial charge in [-0.3, -0.25) is 14.1 Å². The molecule has 36 heavy (non-hydrogen) atoms. The van der Waals surface area contributed by atoms with Crippen molar-refractivity contribution in [2.24, 2.45) is 10.7 Å². The molecule has 2 atom stereocenters. The van der Waals surface area contributed by atoms with Crippen molar-refractivity contribution < 1.29 is 22.6 Å². The number of nitrogens with one attached hydrogen (secondary N) is 2. The molecule has 0 radical (unpaired) electrons. The van der Waals surface area contributed by atoms with Crippen LogP contribution < -0.4 is 20.9 Å². The molecule has 1 aromatic carbocycles. The third kappa shape index (κ3) is 4.97. The van der Waals surface area contributed by atoms with Gasteiger partial charge in [0.2, 0.25) is 10.0 Å². The van der Waals surface area contributed by atoms with Gasteiger partial charge in [-0.15, -0.1) is 11.8 Å². The Morgan fingerprint density at radius 1 is 1.36 bits per heavy atom. The molecule has 0 amide bonds. The predicted molar refractivity (Wildman–Crippen MR) is 141 cm³/mol. The van der Waals surface area contributed by atoms with Gasteiger partial charge in [0.05, 0.1) is 17.2 Å². The average molecular weight is 552 g/mol. The van der Waals surface area contributed by atoms with E-state index >= 15 is 0 Å². The van der Waals surface area contributed by atoms with Gasteiger partial charge in [0.1, 0.15) is 11.3 Å². The number of benzene rings is 1. The van der Waals surface area contributed by atoms with Crippen LogP contribution in [0.5, 0.6) is 5.75 Å². The summed E-state index contributed by atoms with van der Waals surface area (Å²) in [5, 5.41) is 20.8. The molecule has 2 aromatic rings. The third-order valence-corrected chi connectivity index (χ3v) is 9.66. The number of rotatable bonds is 8. The van der Waals surface area contributed by atoms with E-state index in [0.717, 1.165) is 25.5 Å². The molecule has 3 heterocycles. The van der Waals surface area contributed by atoms with Crippen molar-refractivity contribution in [2.45, 2.75) is 31.7 Å². The molecular formula is C22H26N5O6PS2. The molecule has 0 spiro atoms. The second-order valence-corrected chi connectivity index (χ2v) is 13.8. The molecule has 2 aliphatic heterocycles. The SMILES string of the molecule is COP1(=O)N=C(c2c(O)c(C3C=CSC3)nn(CCC3CC3)c2=O)Nc2ccc(NS(C)(=O)=O)cc21. The Morgan fingerprint density at radius 3 is 2.78 bits per heavy atom. The van der Waals surface area contributed by atoms with E-state index in [0.29, 0.717) is 29.6 Å². The smallest absolute Gasteiger partial charge is 0.348 e. The topological polar surface area (TPSA) is 152 Å². The van der Waals surface area contributed by atoms with E-state index in [9.17, 15) is 22.9 Å². The summed E-state index contributed by atoms with van der Waals surface area (Å²) in [6.07, 6.45) is 6.00. The first-order chi connectivity index (χ1) is 17.1. The molecule has 3 aliphatic rings. The minimum atomic E-state index is -3.92. The van der Waals surface area contributed by atoms with E-state index < -0.39 is 23.1 Å². The van der Waals surface area contributed by atoms with Crippen molar-refractivity contribution in [1.29, 1.82) is 0 Å². The van der Waals surface area contributed by atoms with E-state index in [4.69, 9.17) is 4.52 Å². The van der Waals surface area contributed by atoms with Gasteiger partial charge in [0.15, 0.2) is 11.6 Å².